The van der Waals surface area contributed by atoms with Gasteiger partial charge in [-0.3, -0.25) is 0 Å². The normalized spacial score (nSPS) is 11.8. The van der Waals surface area contributed by atoms with E-state index in [4.69, 9.17) is 6.57 Å². The van der Waals surface area contributed by atoms with Crippen molar-refractivity contribution in [1.82, 2.24) is 9.13 Å². The zero-order valence-electron chi connectivity index (χ0n) is 25.9. The molecule has 48 heavy (non-hydrogen) atoms. The molecule has 0 bridgehead atoms. The Kier molecular flexibility index (Phi) is 6.44. The van der Waals surface area contributed by atoms with Gasteiger partial charge in [0.1, 0.15) is 11.6 Å². The van der Waals surface area contributed by atoms with Gasteiger partial charge in [-0.05, 0) is 80.1 Å². The van der Waals surface area contributed by atoms with E-state index < -0.39 is 11.7 Å². The van der Waals surface area contributed by atoms with E-state index in [-0.39, 0.29) is 11.3 Å². The van der Waals surface area contributed by atoms with Gasteiger partial charge in [0.05, 0.1) is 40.0 Å². The molecule has 0 fully saturated rings. The van der Waals surface area contributed by atoms with Crippen LogP contribution in [0.25, 0.3) is 71.0 Å². The lowest BCUT2D eigenvalue weighted by atomic mass is 9.96. The summed E-state index contributed by atoms with van der Waals surface area (Å²) in [6, 6.07) is 37.5. The molecule has 0 unspecified atom stereocenters. The Morgan fingerprint density at radius 3 is 1.79 bits per heavy atom. The molecule has 4 nitrogen and oxygen atoms in total. The average molecular weight is 631 g/mol. The highest BCUT2D eigenvalue weighted by atomic mass is 19.4. The summed E-state index contributed by atoms with van der Waals surface area (Å²) in [5.74, 6) is 0. The van der Waals surface area contributed by atoms with Crippen molar-refractivity contribution in [1.29, 1.82) is 5.26 Å². The molecular formula is C41H25F3N4. The molecule has 0 amide bonds. The van der Waals surface area contributed by atoms with Crippen LogP contribution in [0.3, 0.4) is 0 Å². The molecule has 0 aliphatic heterocycles. The maximum absolute atomic E-state index is 14.2. The fourth-order valence-corrected chi connectivity index (χ4v) is 7.01. The van der Waals surface area contributed by atoms with Crippen molar-refractivity contribution < 1.29 is 13.2 Å². The number of aryl methyl sites for hydroxylation is 2. The van der Waals surface area contributed by atoms with Crippen molar-refractivity contribution in [3.63, 3.8) is 0 Å². The zero-order valence-corrected chi connectivity index (χ0v) is 25.9. The van der Waals surface area contributed by atoms with Gasteiger partial charge in [0.15, 0.2) is 5.69 Å². The minimum atomic E-state index is -4.67. The average Bonchev–Trinajstić information content (AvgIpc) is 3.58. The molecule has 6 aromatic carbocycles. The first kappa shape index (κ1) is 29.1. The molecular weight excluding hydrogens is 605 g/mol. The van der Waals surface area contributed by atoms with Gasteiger partial charge in [0.2, 0.25) is 0 Å². The molecule has 0 saturated carbocycles. The van der Waals surface area contributed by atoms with Gasteiger partial charge in [0.25, 0.3) is 0 Å². The lowest BCUT2D eigenvalue weighted by Crippen LogP contribution is -2.08. The molecule has 0 aliphatic carbocycles. The molecule has 2 aromatic heterocycles. The Morgan fingerprint density at radius 2 is 1.21 bits per heavy atom. The van der Waals surface area contributed by atoms with E-state index in [1.807, 2.05) is 85.1 Å². The highest BCUT2D eigenvalue weighted by molar-refractivity contribution is 6.12. The number of hydrogen-bond donors (Lipinski definition) is 0. The van der Waals surface area contributed by atoms with E-state index in [1.54, 1.807) is 12.1 Å². The lowest BCUT2D eigenvalue weighted by molar-refractivity contribution is -0.137. The number of rotatable bonds is 3. The monoisotopic (exact) mass is 630 g/mol. The number of halogens is 3. The molecule has 0 radical (unpaired) electrons. The SMILES string of the molecule is [C-]#[N+]c1cc(-c2ccc(-n3c4ccccc4c4cc(C)ccc43)c(C#N)c2-n2c3ccccc3c3cc(C)ccc32)cc(C(F)(F)F)c1. The van der Waals surface area contributed by atoms with Gasteiger partial charge in [-0.2, -0.15) is 18.4 Å². The van der Waals surface area contributed by atoms with Crippen molar-refractivity contribution in [3.05, 3.63) is 149 Å². The number of para-hydroxylation sites is 2. The number of benzene rings is 6. The van der Waals surface area contributed by atoms with Crippen LogP contribution in [-0.2, 0) is 6.18 Å². The van der Waals surface area contributed by atoms with Crippen molar-refractivity contribution in [2.45, 2.75) is 20.0 Å². The summed E-state index contributed by atoms with van der Waals surface area (Å²) in [5.41, 5.74) is 6.47. The van der Waals surface area contributed by atoms with Crippen LogP contribution in [-0.4, -0.2) is 9.13 Å². The molecule has 0 saturated heterocycles. The molecule has 0 atom stereocenters. The van der Waals surface area contributed by atoms with E-state index in [1.165, 1.54) is 6.07 Å². The van der Waals surface area contributed by atoms with Crippen LogP contribution >= 0.6 is 0 Å². The molecule has 2 heterocycles. The van der Waals surface area contributed by atoms with Crippen molar-refractivity contribution in [2.24, 2.45) is 0 Å². The molecule has 8 aromatic rings. The van der Waals surface area contributed by atoms with Crippen molar-refractivity contribution >= 4 is 49.3 Å². The zero-order chi connectivity index (χ0) is 33.3. The predicted octanol–water partition coefficient (Wildman–Crippen LogP) is 11.6. The largest absolute Gasteiger partial charge is 0.415 e. The lowest BCUT2D eigenvalue weighted by Gasteiger charge is -2.21. The fraction of sp³-hybridized carbons (Fsp3) is 0.0732. The van der Waals surface area contributed by atoms with E-state index >= 15 is 0 Å². The summed E-state index contributed by atoms with van der Waals surface area (Å²) in [5, 5.41) is 15.1. The summed E-state index contributed by atoms with van der Waals surface area (Å²) in [7, 11) is 0. The minimum absolute atomic E-state index is 0.135. The second kappa shape index (κ2) is 10.6. The van der Waals surface area contributed by atoms with E-state index in [9.17, 15) is 18.4 Å². The van der Waals surface area contributed by atoms with Crippen molar-refractivity contribution in [2.75, 3.05) is 0 Å². The number of nitrogens with zero attached hydrogens (tertiary/aromatic N) is 4. The van der Waals surface area contributed by atoms with Gasteiger partial charge in [-0.15, -0.1) is 0 Å². The van der Waals surface area contributed by atoms with E-state index in [0.717, 1.165) is 66.9 Å². The summed E-state index contributed by atoms with van der Waals surface area (Å²) >= 11 is 0. The van der Waals surface area contributed by atoms with Crippen LogP contribution in [0.15, 0.2) is 115 Å². The van der Waals surface area contributed by atoms with Gasteiger partial charge in [0, 0.05) is 32.7 Å². The summed E-state index contributed by atoms with van der Waals surface area (Å²) in [6.45, 7) is 11.7. The Bertz CT molecular complexity index is 2710. The standard InChI is InChI=1S/C41H25F3N4/c1-24-12-15-37-32(18-24)30-8-4-6-10-35(30)47(37)39-17-14-29(26-20-27(41(42,43)44)22-28(21-26)46-3)40(34(39)23-45)48-36-11-7-5-9-31(36)33-19-25(2)13-16-38(33)48/h4-22H,1-2H3. The van der Waals surface area contributed by atoms with Crippen LogP contribution in [0.1, 0.15) is 22.3 Å². The third-order valence-corrected chi connectivity index (χ3v) is 9.07. The van der Waals surface area contributed by atoms with E-state index in [2.05, 4.69) is 33.7 Å². The Hall–Kier alpha value is -6.31. The summed E-state index contributed by atoms with van der Waals surface area (Å²) in [4.78, 5) is 3.38. The van der Waals surface area contributed by atoms with Crippen LogP contribution in [0.4, 0.5) is 18.9 Å². The molecule has 7 heteroatoms. The van der Waals surface area contributed by atoms with Crippen LogP contribution in [0.2, 0.25) is 0 Å². The molecule has 0 aliphatic rings. The molecule has 8 rings (SSSR count). The van der Waals surface area contributed by atoms with Crippen LogP contribution < -0.4 is 0 Å². The highest BCUT2D eigenvalue weighted by Gasteiger charge is 2.32. The second-order valence-corrected chi connectivity index (χ2v) is 12.1. The quantitative estimate of drug-likeness (QED) is 0.179. The van der Waals surface area contributed by atoms with Gasteiger partial charge >= 0.3 is 6.18 Å². The van der Waals surface area contributed by atoms with Crippen LogP contribution in [0, 0.1) is 31.8 Å². The maximum atomic E-state index is 14.2. The van der Waals surface area contributed by atoms with Crippen LogP contribution in [0.5, 0.6) is 0 Å². The molecule has 0 spiro atoms. The minimum Gasteiger partial charge on any atom is -0.308 e. The number of nitriles is 1. The fourth-order valence-electron chi connectivity index (χ4n) is 7.01. The summed E-state index contributed by atoms with van der Waals surface area (Å²) < 4.78 is 46.6. The third kappa shape index (κ3) is 4.36. The number of hydrogen-bond acceptors (Lipinski definition) is 1. The maximum Gasteiger partial charge on any atom is 0.415 e. The van der Waals surface area contributed by atoms with Crippen molar-refractivity contribution in [3.8, 4) is 28.6 Å². The second-order valence-electron chi connectivity index (χ2n) is 12.1. The Labute approximate surface area is 273 Å². The Morgan fingerprint density at radius 1 is 0.646 bits per heavy atom. The Balaban J connectivity index is 1.57. The van der Waals surface area contributed by atoms with Gasteiger partial charge in [-0.25, -0.2) is 4.85 Å². The first-order valence-electron chi connectivity index (χ1n) is 15.4. The predicted molar refractivity (Wildman–Crippen MR) is 186 cm³/mol. The number of fused-ring (bicyclic) bond motifs is 6. The smallest absolute Gasteiger partial charge is 0.308 e. The topological polar surface area (TPSA) is 38.0 Å². The summed E-state index contributed by atoms with van der Waals surface area (Å²) in [6.07, 6.45) is -4.67. The number of alkyl halides is 3. The highest BCUT2D eigenvalue weighted by Crippen LogP contribution is 2.44. The first-order chi connectivity index (χ1) is 23.2. The first-order valence-corrected chi connectivity index (χ1v) is 15.4. The van der Waals surface area contributed by atoms with Gasteiger partial charge < -0.3 is 9.13 Å². The van der Waals surface area contributed by atoms with E-state index in [0.29, 0.717) is 22.5 Å². The van der Waals surface area contributed by atoms with Gasteiger partial charge in [-0.1, -0.05) is 65.7 Å². The number of aromatic nitrogens is 2. The third-order valence-electron chi connectivity index (χ3n) is 9.07. The molecule has 230 valence electrons. The molecule has 0 N–H and O–H groups in total.